The molecular weight excluding hydrogens is 505 g/mol. The molecule has 7 aromatic rings. The van der Waals surface area contributed by atoms with Crippen LogP contribution < -0.4 is 15.3 Å². The Morgan fingerprint density at radius 1 is 0.429 bits per heavy atom. The molecule has 1 heterocycles. The quantitative estimate of drug-likeness (QED) is 0.198. The molecule has 8 rings (SSSR count). The molecule has 2 heteroatoms. The van der Waals surface area contributed by atoms with Crippen molar-refractivity contribution >= 4 is 66.8 Å². The SMILES string of the molecule is C[N+]1(C)c2ccccc2C=C(c2ccc3ccccc3c2)[B-]1(c1ccc2ccccc2c1)c1ccc2ccccc2c1. The van der Waals surface area contributed by atoms with Gasteiger partial charge < -0.3 is 4.39 Å². The summed E-state index contributed by atoms with van der Waals surface area (Å²) in [6.07, 6.45) is 0.929. The highest BCUT2D eigenvalue weighted by Gasteiger charge is 2.51. The Labute approximate surface area is 247 Å². The second kappa shape index (κ2) is 9.31. The Hall–Kier alpha value is -4.92. The molecule has 0 aliphatic carbocycles. The number of hydrogen-bond donors (Lipinski definition) is 0. The molecule has 0 atom stereocenters. The van der Waals surface area contributed by atoms with Crippen molar-refractivity contribution in [2.24, 2.45) is 0 Å². The zero-order valence-electron chi connectivity index (χ0n) is 24.0. The Morgan fingerprint density at radius 2 is 0.881 bits per heavy atom. The van der Waals surface area contributed by atoms with Gasteiger partial charge in [0.2, 0.25) is 0 Å². The molecule has 0 fully saturated rings. The average molecular weight is 538 g/mol. The minimum atomic E-state index is -1.55. The van der Waals surface area contributed by atoms with Crippen LogP contribution in [0, 0.1) is 0 Å². The normalized spacial score (nSPS) is 15.4. The fraction of sp³-hybridized carbons (Fsp3) is 0.0500. The van der Waals surface area contributed by atoms with E-state index in [1.807, 2.05) is 0 Å². The van der Waals surface area contributed by atoms with E-state index in [4.69, 9.17) is 0 Å². The molecule has 0 N–H and O–H groups in total. The van der Waals surface area contributed by atoms with Crippen LogP contribution in [0.3, 0.4) is 0 Å². The zero-order chi connectivity index (χ0) is 28.3. The number of benzene rings is 7. The van der Waals surface area contributed by atoms with Crippen molar-refractivity contribution in [1.29, 1.82) is 0 Å². The van der Waals surface area contributed by atoms with Gasteiger partial charge in [-0.2, -0.15) is 0 Å². The molecule has 7 aromatic carbocycles. The van der Waals surface area contributed by atoms with Gasteiger partial charge in [-0.05, 0) is 44.5 Å². The van der Waals surface area contributed by atoms with E-state index in [9.17, 15) is 0 Å². The lowest BCUT2D eigenvalue weighted by Gasteiger charge is -2.60. The van der Waals surface area contributed by atoms with Crippen molar-refractivity contribution in [3.8, 4) is 0 Å². The Morgan fingerprint density at radius 3 is 1.45 bits per heavy atom. The van der Waals surface area contributed by atoms with E-state index in [1.165, 1.54) is 65.5 Å². The minimum Gasteiger partial charge on any atom is -0.474 e. The number of para-hydroxylation sites is 1. The average Bonchev–Trinajstić information content (AvgIpc) is 3.04. The smallest absolute Gasteiger partial charge is 0.296 e. The van der Waals surface area contributed by atoms with Crippen LogP contribution in [-0.4, -0.2) is 20.4 Å². The van der Waals surface area contributed by atoms with Crippen molar-refractivity contribution in [3.63, 3.8) is 0 Å². The summed E-state index contributed by atoms with van der Waals surface area (Å²) < 4.78 is 0.714. The molecule has 0 saturated heterocycles. The summed E-state index contributed by atoms with van der Waals surface area (Å²) in [7, 11) is 4.83. The first-order valence-electron chi connectivity index (χ1n) is 14.8. The maximum atomic E-state index is 2.48. The van der Waals surface area contributed by atoms with Gasteiger partial charge in [0.25, 0.3) is 6.28 Å². The maximum absolute atomic E-state index is 2.48. The maximum Gasteiger partial charge on any atom is 0.296 e. The second-order valence-corrected chi connectivity index (χ2v) is 12.3. The van der Waals surface area contributed by atoms with E-state index in [2.05, 4.69) is 172 Å². The highest BCUT2D eigenvalue weighted by atomic mass is 15.3. The van der Waals surface area contributed by atoms with Crippen LogP contribution in [0.5, 0.6) is 0 Å². The molecule has 0 unspecified atom stereocenters. The highest BCUT2D eigenvalue weighted by Crippen LogP contribution is 2.45. The number of nitrogens with zero attached hydrogens (tertiary/aromatic N) is 1. The largest absolute Gasteiger partial charge is 0.474 e. The van der Waals surface area contributed by atoms with Gasteiger partial charge in [0.05, 0.1) is 5.69 Å². The lowest BCUT2D eigenvalue weighted by atomic mass is 9.19. The molecule has 0 spiro atoms. The molecule has 0 radical (unpaired) electrons. The minimum absolute atomic E-state index is 0.714. The van der Waals surface area contributed by atoms with Gasteiger partial charge >= 0.3 is 0 Å². The third-order valence-corrected chi connectivity index (χ3v) is 9.88. The van der Waals surface area contributed by atoms with Gasteiger partial charge in [-0.3, -0.25) is 0 Å². The van der Waals surface area contributed by atoms with E-state index >= 15 is 0 Å². The van der Waals surface area contributed by atoms with Crippen LogP contribution in [-0.2, 0) is 0 Å². The summed E-state index contributed by atoms with van der Waals surface area (Å²) in [5.74, 6) is 0. The van der Waals surface area contributed by atoms with Crippen molar-refractivity contribution in [3.05, 3.63) is 163 Å². The molecule has 1 aliphatic rings. The summed E-state index contributed by atoms with van der Waals surface area (Å²) in [4.78, 5) is 0. The van der Waals surface area contributed by atoms with Gasteiger partial charge in [-0.25, -0.2) is 0 Å². The third-order valence-electron chi connectivity index (χ3n) is 9.88. The predicted molar refractivity (Wildman–Crippen MR) is 185 cm³/mol. The number of hydrogen-bond acceptors (Lipinski definition) is 0. The fourth-order valence-corrected chi connectivity index (χ4v) is 7.90. The van der Waals surface area contributed by atoms with Crippen LogP contribution >= 0.6 is 0 Å². The number of fused-ring (bicyclic) bond motifs is 4. The molecule has 1 aliphatic heterocycles. The van der Waals surface area contributed by atoms with E-state index in [0.717, 1.165) is 0 Å². The predicted octanol–water partition coefficient (Wildman–Crippen LogP) is 8.57. The molecular formula is C40H32BN. The fourth-order valence-electron chi connectivity index (χ4n) is 7.90. The van der Waals surface area contributed by atoms with Crippen LogP contribution in [0.25, 0.3) is 43.9 Å². The van der Waals surface area contributed by atoms with Crippen LogP contribution in [0.15, 0.2) is 152 Å². The van der Waals surface area contributed by atoms with Crippen molar-refractivity contribution < 1.29 is 0 Å². The van der Waals surface area contributed by atoms with Crippen molar-refractivity contribution in [1.82, 2.24) is 4.39 Å². The first-order chi connectivity index (χ1) is 20.6. The summed E-state index contributed by atoms with van der Waals surface area (Å²) >= 11 is 0. The summed E-state index contributed by atoms with van der Waals surface area (Å²) in [6.45, 7) is 0. The molecule has 0 aromatic heterocycles. The molecule has 0 amide bonds. The Kier molecular flexibility index (Phi) is 5.51. The topological polar surface area (TPSA) is 0 Å². The summed E-state index contributed by atoms with van der Waals surface area (Å²) in [5.41, 5.74) is 7.96. The van der Waals surface area contributed by atoms with Gasteiger partial charge in [0.1, 0.15) is 0 Å². The zero-order valence-corrected chi connectivity index (χ0v) is 24.0. The van der Waals surface area contributed by atoms with E-state index in [1.54, 1.807) is 0 Å². The van der Waals surface area contributed by atoms with Crippen LogP contribution in [0.4, 0.5) is 5.69 Å². The van der Waals surface area contributed by atoms with Gasteiger partial charge in [-0.1, -0.05) is 151 Å². The van der Waals surface area contributed by atoms with Gasteiger partial charge in [0, 0.05) is 19.7 Å². The van der Waals surface area contributed by atoms with E-state index < -0.39 is 6.28 Å². The number of rotatable bonds is 3. The van der Waals surface area contributed by atoms with Crippen molar-refractivity contribution in [2.45, 2.75) is 0 Å². The Balaban J connectivity index is 1.54. The molecule has 200 valence electrons. The van der Waals surface area contributed by atoms with E-state index in [0.29, 0.717) is 4.39 Å². The number of quaternary nitrogens is 1. The molecule has 0 bridgehead atoms. The third kappa shape index (κ3) is 3.55. The lowest BCUT2D eigenvalue weighted by Crippen LogP contribution is -2.80. The van der Waals surface area contributed by atoms with E-state index in [-0.39, 0.29) is 0 Å². The summed E-state index contributed by atoms with van der Waals surface area (Å²) in [5, 5.41) is 7.61. The lowest BCUT2D eigenvalue weighted by molar-refractivity contribution is 0.611. The van der Waals surface area contributed by atoms with Crippen LogP contribution in [0.2, 0.25) is 0 Å². The molecule has 42 heavy (non-hydrogen) atoms. The first-order valence-corrected chi connectivity index (χ1v) is 14.8. The Bertz CT molecular complexity index is 2110. The standard InChI is InChI=1S/C40H32BN/c1-42(2)40-18-10-9-17-36(40)28-39(35-20-19-29-11-3-6-14-32(29)25-35)41(42,37-23-21-30-12-4-7-15-33(30)26-37)38-24-22-31-13-5-8-16-34(31)27-38/h3-28H,1-2H3. The monoisotopic (exact) mass is 537 g/mol. The first kappa shape index (κ1) is 24.8. The van der Waals surface area contributed by atoms with Crippen molar-refractivity contribution in [2.75, 3.05) is 14.1 Å². The summed E-state index contributed by atoms with van der Waals surface area (Å²) in [6, 6.07) is 56.5. The van der Waals surface area contributed by atoms with Crippen LogP contribution in [0.1, 0.15) is 11.1 Å². The second-order valence-electron chi connectivity index (χ2n) is 12.3. The van der Waals surface area contributed by atoms with Gasteiger partial charge in [0.15, 0.2) is 0 Å². The highest BCUT2D eigenvalue weighted by molar-refractivity contribution is 7.16. The molecule has 0 saturated carbocycles. The van der Waals surface area contributed by atoms with Gasteiger partial charge in [-0.15, -0.1) is 16.4 Å². The molecule has 1 nitrogen and oxygen atoms in total.